The number of halogens is 3. The Morgan fingerprint density at radius 1 is 1.23 bits per heavy atom. The van der Waals surface area contributed by atoms with Gasteiger partial charge in [0.1, 0.15) is 5.58 Å². The standard InChI is InChI=1S/C16H10BrF2NO2/c1-8-10-7-9(17)5-6-13(10)22-15(8)16(21)20-12-4-2-3-11(18)14(12)19/h2-7H,1H3,(H,20,21). The van der Waals surface area contributed by atoms with Crippen molar-refractivity contribution in [2.24, 2.45) is 0 Å². The zero-order chi connectivity index (χ0) is 15.9. The number of anilines is 1. The Balaban J connectivity index is 1.99. The first kappa shape index (κ1) is 14.7. The summed E-state index contributed by atoms with van der Waals surface area (Å²) < 4.78 is 33.1. The lowest BCUT2D eigenvalue weighted by atomic mass is 10.1. The van der Waals surface area contributed by atoms with Crippen LogP contribution >= 0.6 is 15.9 Å². The predicted octanol–water partition coefficient (Wildman–Crippen LogP) is 5.03. The Hall–Kier alpha value is -2.21. The summed E-state index contributed by atoms with van der Waals surface area (Å²) in [5, 5.41) is 3.10. The van der Waals surface area contributed by atoms with Crippen LogP contribution in [0.4, 0.5) is 14.5 Å². The van der Waals surface area contributed by atoms with E-state index in [1.54, 1.807) is 19.1 Å². The van der Waals surface area contributed by atoms with Crippen molar-refractivity contribution in [2.75, 3.05) is 5.32 Å². The van der Waals surface area contributed by atoms with Crippen LogP contribution in [0.5, 0.6) is 0 Å². The van der Waals surface area contributed by atoms with E-state index in [0.717, 1.165) is 15.9 Å². The summed E-state index contributed by atoms with van der Waals surface area (Å²) in [7, 11) is 0. The number of hydrogen-bond donors (Lipinski definition) is 1. The van der Waals surface area contributed by atoms with E-state index >= 15 is 0 Å². The molecule has 0 aliphatic carbocycles. The van der Waals surface area contributed by atoms with Gasteiger partial charge in [0.05, 0.1) is 5.69 Å². The molecule has 112 valence electrons. The van der Waals surface area contributed by atoms with Crippen LogP contribution < -0.4 is 5.32 Å². The minimum atomic E-state index is -1.10. The van der Waals surface area contributed by atoms with E-state index in [4.69, 9.17) is 4.42 Å². The predicted molar refractivity (Wildman–Crippen MR) is 83.0 cm³/mol. The van der Waals surface area contributed by atoms with Crippen molar-refractivity contribution in [2.45, 2.75) is 6.92 Å². The maximum atomic E-state index is 13.6. The minimum absolute atomic E-state index is 0.0664. The number of aryl methyl sites for hydroxylation is 1. The van der Waals surface area contributed by atoms with Gasteiger partial charge in [-0.3, -0.25) is 4.79 Å². The van der Waals surface area contributed by atoms with Crippen LogP contribution in [0, 0.1) is 18.6 Å². The summed E-state index contributed by atoms with van der Waals surface area (Å²) in [5.74, 6) is -2.69. The Bertz CT molecular complexity index is 889. The molecule has 0 aliphatic heterocycles. The molecule has 0 radical (unpaired) electrons. The molecular weight excluding hydrogens is 356 g/mol. The highest BCUT2D eigenvalue weighted by Crippen LogP contribution is 2.29. The van der Waals surface area contributed by atoms with Gasteiger partial charge in [-0.25, -0.2) is 8.78 Å². The Kier molecular flexibility index (Phi) is 3.70. The van der Waals surface area contributed by atoms with Gasteiger partial charge >= 0.3 is 0 Å². The van der Waals surface area contributed by atoms with Crippen LogP contribution in [-0.4, -0.2) is 5.91 Å². The second-order valence-corrected chi connectivity index (χ2v) is 5.67. The first-order valence-electron chi connectivity index (χ1n) is 6.41. The molecule has 1 amide bonds. The average molecular weight is 366 g/mol. The number of hydrogen-bond acceptors (Lipinski definition) is 2. The monoisotopic (exact) mass is 365 g/mol. The third-order valence-corrected chi connectivity index (χ3v) is 3.80. The van der Waals surface area contributed by atoms with Crippen molar-refractivity contribution in [3.8, 4) is 0 Å². The van der Waals surface area contributed by atoms with Gasteiger partial charge in [-0.1, -0.05) is 22.0 Å². The molecule has 1 aromatic heterocycles. The van der Waals surface area contributed by atoms with Gasteiger partial charge in [0.15, 0.2) is 17.4 Å². The molecule has 0 bridgehead atoms. The number of furan rings is 1. The molecule has 6 heteroatoms. The van der Waals surface area contributed by atoms with Crippen molar-refractivity contribution >= 4 is 38.5 Å². The van der Waals surface area contributed by atoms with Crippen molar-refractivity contribution in [1.29, 1.82) is 0 Å². The van der Waals surface area contributed by atoms with Crippen LogP contribution in [-0.2, 0) is 0 Å². The fourth-order valence-electron chi connectivity index (χ4n) is 2.19. The van der Waals surface area contributed by atoms with E-state index < -0.39 is 17.5 Å². The Labute approximate surface area is 133 Å². The van der Waals surface area contributed by atoms with Crippen molar-refractivity contribution in [3.63, 3.8) is 0 Å². The van der Waals surface area contributed by atoms with Gasteiger partial charge in [-0.2, -0.15) is 0 Å². The van der Waals surface area contributed by atoms with Crippen molar-refractivity contribution < 1.29 is 18.0 Å². The quantitative estimate of drug-likeness (QED) is 0.691. The highest BCUT2D eigenvalue weighted by atomic mass is 79.9. The van der Waals surface area contributed by atoms with E-state index in [9.17, 15) is 13.6 Å². The smallest absolute Gasteiger partial charge is 0.291 e. The van der Waals surface area contributed by atoms with Crippen LogP contribution in [0.2, 0.25) is 0 Å². The van der Waals surface area contributed by atoms with Gasteiger partial charge in [0.25, 0.3) is 5.91 Å². The lowest BCUT2D eigenvalue weighted by Gasteiger charge is -2.05. The van der Waals surface area contributed by atoms with Gasteiger partial charge in [-0.15, -0.1) is 0 Å². The number of benzene rings is 2. The van der Waals surface area contributed by atoms with E-state index in [2.05, 4.69) is 21.2 Å². The van der Waals surface area contributed by atoms with Crippen LogP contribution in [0.3, 0.4) is 0 Å². The van der Waals surface area contributed by atoms with E-state index in [1.165, 1.54) is 12.1 Å². The van der Waals surface area contributed by atoms with E-state index in [0.29, 0.717) is 11.1 Å². The summed E-state index contributed by atoms with van der Waals surface area (Å²) in [4.78, 5) is 12.2. The van der Waals surface area contributed by atoms with Crippen LogP contribution in [0.15, 0.2) is 45.3 Å². The fraction of sp³-hybridized carbons (Fsp3) is 0.0625. The molecule has 0 unspecified atom stereocenters. The highest BCUT2D eigenvalue weighted by molar-refractivity contribution is 9.10. The molecular formula is C16H10BrF2NO2. The molecule has 3 aromatic rings. The number of amides is 1. The van der Waals surface area contributed by atoms with Crippen LogP contribution in [0.1, 0.15) is 16.1 Å². The first-order chi connectivity index (χ1) is 10.5. The minimum Gasteiger partial charge on any atom is -0.451 e. The third-order valence-electron chi connectivity index (χ3n) is 3.30. The molecule has 0 aliphatic rings. The summed E-state index contributed by atoms with van der Waals surface area (Å²) in [6.45, 7) is 1.73. The molecule has 0 fully saturated rings. The van der Waals surface area contributed by atoms with E-state index in [1.807, 2.05) is 6.07 Å². The molecule has 3 rings (SSSR count). The van der Waals surface area contributed by atoms with Gasteiger partial charge in [0, 0.05) is 15.4 Å². The maximum Gasteiger partial charge on any atom is 0.291 e. The molecule has 0 spiro atoms. The Morgan fingerprint density at radius 2 is 2.00 bits per heavy atom. The lowest BCUT2D eigenvalue weighted by Crippen LogP contribution is -2.13. The molecule has 2 aromatic carbocycles. The second kappa shape index (κ2) is 5.53. The number of carbonyl (C=O) groups excluding carboxylic acids is 1. The summed E-state index contributed by atoms with van der Waals surface area (Å²) in [6, 6.07) is 8.93. The lowest BCUT2D eigenvalue weighted by molar-refractivity contribution is 0.0997. The molecule has 1 N–H and O–H groups in total. The highest BCUT2D eigenvalue weighted by Gasteiger charge is 2.19. The summed E-state index contributed by atoms with van der Waals surface area (Å²) in [6.07, 6.45) is 0. The summed E-state index contributed by atoms with van der Waals surface area (Å²) in [5.41, 5.74) is 0.946. The topological polar surface area (TPSA) is 42.2 Å². The number of fused-ring (bicyclic) bond motifs is 1. The molecule has 3 nitrogen and oxygen atoms in total. The maximum absolute atomic E-state index is 13.6. The van der Waals surface area contributed by atoms with Gasteiger partial charge in [-0.05, 0) is 37.3 Å². The SMILES string of the molecule is Cc1c(C(=O)Nc2cccc(F)c2F)oc2ccc(Br)cc12. The second-order valence-electron chi connectivity index (χ2n) is 4.75. The number of nitrogens with one attached hydrogen (secondary N) is 1. The van der Waals surface area contributed by atoms with Crippen LogP contribution in [0.25, 0.3) is 11.0 Å². The zero-order valence-electron chi connectivity index (χ0n) is 11.4. The van der Waals surface area contributed by atoms with Gasteiger partial charge in [0.2, 0.25) is 0 Å². The van der Waals surface area contributed by atoms with Crippen molar-refractivity contribution in [3.05, 3.63) is 63.8 Å². The Morgan fingerprint density at radius 3 is 2.77 bits per heavy atom. The fourth-order valence-corrected chi connectivity index (χ4v) is 2.55. The average Bonchev–Trinajstić information content (AvgIpc) is 2.81. The van der Waals surface area contributed by atoms with Gasteiger partial charge < -0.3 is 9.73 Å². The van der Waals surface area contributed by atoms with E-state index in [-0.39, 0.29) is 11.4 Å². The van der Waals surface area contributed by atoms with Crippen molar-refractivity contribution in [1.82, 2.24) is 0 Å². The normalized spacial score (nSPS) is 10.9. The molecule has 0 saturated carbocycles. The molecule has 0 atom stereocenters. The largest absolute Gasteiger partial charge is 0.451 e. The molecule has 0 saturated heterocycles. The molecule has 1 heterocycles. The number of carbonyl (C=O) groups is 1. The molecule has 22 heavy (non-hydrogen) atoms. The third kappa shape index (κ3) is 2.50. The number of rotatable bonds is 2. The summed E-state index contributed by atoms with van der Waals surface area (Å²) >= 11 is 3.35. The zero-order valence-corrected chi connectivity index (χ0v) is 13.0. The first-order valence-corrected chi connectivity index (χ1v) is 7.20.